The molecule has 0 bridgehead atoms. The van der Waals surface area contributed by atoms with E-state index in [1.54, 1.807) is 23.5 Å². The van der Waals surface area contributed by atoms with Crippen LogP contribution in [0.5, 0.6) is 0 Å². The van der Waals surface area contributed by atoms with Crippen LogP contribution in [0.3, 0.4) is 0 Å². The molecule has 0 fully saturated rings. The number of carbonyl (C=O) groups is 1. The van der Waals surface area contributed by atoms with E-state index < -0.39 is 0 Å². The van der Waals surface area contributed by atoms with Gasteiger partial charge in [0.05, 0.1) is 5.75 Å². The van der Waals surface area contributed by atoms with E-state index in [9.17, 15) is 4.79 Å². The predicted octanol–water partition coefficient (Wildman–Crippen LogP) is 5.04. The lowest BCUT2D eigenvalue weighted by molar-refractivity contribution is 0.102. The van der Waals surface area contributed by atoms with Crippen LogP contribution in [-0.2, 0) is 0 Å². The van der Waals surface area contributed by atoms with E-state index in [1.807, 2.05) is 32.0 Å². The summed E-state index contributed by atoms with van der Waals surface area (Å²) in [5, 5.41) is 8.94. The van der Waals surface area contributed by atoms with Crippen LogP contribution >= 0.6 is 34.7 Å². The summed E-state index contributed by atoms with van der Waals surface area (Å²) in [6, 6.07) is 9.12. The molecule has 1 aromatic carbocycles. The second kappa shape index (κ2) is 6.86. The zero-order chi connectivity index (χ0) is 16.4. The third kappa shape index (κ3) is 3.83. The van der Waals surface area contributed by atoms with Gasteiger partial charge in [-0.15, -0.1) is 21.5 Å². The van der Waals surface area contributed by atoms with E-state index in [4.69, 9.17) is 16.0 Å². The molecule has 0 saturated carbocycles. The van der Waals surface area contributed by atoms with E-state index in [1.165, 1.54) is 11.8 Å². The highest BCUT2D eigenvalue weighted by atomic mass is 35.5. The number of aryl methyl sites for hydroxylation is 2. The fourth-order valence-electron chi connectivity index (χ4n) is 2.12. The highest BCUT2D eigenvalue weighted by Crippen LogP contribution is 2.27. The Kier molecular flexibility index (Phi) is 4.84. The molecule has 0 atom stereocenters. The Hall–Kier alpha value is -1.63. The second-order valence-electron chi connectivity index (χ2n) is 4.92. The zero-order valence-electron chi connectivity index (χ0n) is 12.5. The Morgan fingerprint density at radius 2 is 2.13 bits per heavy atom. The van der Waals surface area contributed by atoms with Crippen LogP contribution in [0.4, 0.5) is 0 Å². The van der Waals surface area contributed by atoms with Crippen molar-refractivity contribution in [1.29, 1.82) is 0 Å². The molecule has 2 aromatic heterocycles. The van der Waals surface area contributed by atoms with Crippen LogP contribution in [0.25, 0.3) is 11.5 Å². The van der Waals surface area contributed by atoms with Crippen LogP contribution in [0.2, 0.25) is 5.02 Å². The number of aromatic nitrogens is 2. The summed E-state index contributed by atoms with van der Waals surface area (Å²) < 4.78 is 5.58. The fourth-order valence-corrected chi connectivity index (χ4v) is 3.90. The first kappa shape index (κ1) is 16.2. The molecule has 118 valence electrons. The van der Waals surface area contributed by atoms with Gasteiger partial charge in [0, 0.05) is 25.9 Å². The summed E-state index contributed by atoms with van der Waals surface area (Å²) >= 11 is 8.82. The molecular weight excluding hydrogens is 352 g/mol. The van der Waals surface area contributed by atoms with E-state index in [0.29, 0.717) is 16.1 Å². The van der Waals surface area contributed by atoms with Gasteiger partial charge >= 0.3 is 0 Å². The molecule has 0 unspecified atom stereocenters. The van der Waals surface area contributed by atoms with Crippen molar-refractivity contribution < 1.29 is 9.21 Å². The van der Waals surface area contributed by atoms with Crippen molar-refractivity contribution in [2.75, 3.05) is 5.75 Å². The Morgan fingerprint density at radius 1 is 1.30 bits per heavy atom. The van der Waals surface area contributed by atoms with Crippen molar-refractivity contribution in [2.45, 2.75) is 19.1 Å². The number of rotatable bonds is 5. The Morgan fingerprint density at radius 3 is 2.83 bits per heavy atom. The SMILES string of the molecule is Cc1cc(C(=O)CSc2nnc(-c3cccc(Cl)c3)o2)c(C)s1. The van der Waals surface area contributed by atoms with Crippen molar-refractivity contribution >= 4 is 40.5 Å². The molecule has 0 radical (unpaired) electrons. The van der Waals surface area contributed by atoms with Crippen LogP contribution in [0, 0.1) is 13.8 Å². The maximum Gasteiger partial charge on any atom is 0.277 e. The van der Waals surface area contributed by atoms with Gasteiger partial charge < -0.3 is 4.42 Å². The van der Waals surface area contributed by atoms with E-state index in [2.05, 4.69) is 10.2 Å². The minimum atomic E-state index is 0.0688. The summed E-state index contributed by atoms with van der Waals surface area (Å²) in [7, 11) is 0. The molecule has 3 aromatic rings. The number of thiophene rings is 1. The summed E-state index contributed by atoms with van der Waals surface area (Å²) in [6.07, 6.45) is 0. The highest BCUT2D eigenvalue weighted by Gasteiger charge is 2.15. The van der Waals surface area contributed by atoms with Crippen molar-refractivity contribution in [3.63, 3.8) is 0 Å². The van der Waals surface area contributed by atoms with Crippen LogP contribution < -0.4 is 0 Å². The highest BCUT2D eigenvalue weighted by molar-refractivity contribution is 7.99. The average Bonchev–Trinajstić information content (AvgIpc) is 3.11. The van der Waals surface area contributed by atoms with Crippen LogP contribution in [-0.4, -0.2) is 21.7 Å². The molecular formula is C16H13ClN2O2S2. The molecule has 7 heteroatoms. The van der Waals surface area contributed by atoms with Crippen molar-refractivity contribution in [2.24, 2.45) is 0 Å². The van der Waals surface area contributed by atoms with Gasteiger partial charge in [0.15, 0.2) is 5.78 Å². The summed E-state index contributed by atoms with van der Waals surface area (Å²) in [4.78, 5) is 14.4. The molecule has 0 aliphatic rings. The molecule has 0 N–H and O–H groups in total. The Labute approximate surface area is 146 Å². The summed E-state index contributed by atoms with van der Waals surface area (Å²) in [6.45, 7) is 3.95. The zero-order valence-corrected chi connectivity index (χ0v) is 14.9. The molecule has 0 aliphatic carbocycles. The summed E-state index contributed by atoms with van der Waals surface area (Å²) in [5.74, 6) is 0.734. The van der Waals surface area contributed by atoms with Gasteiger partial charge in [0.1, 0.15) is 0 Å². The average molecular weight is 365 g/mol. The van der Waals surface area contributed by atoms with E-state index in [-0.39, 0.29) is 11.5 Å². The number of Topliss-reactive ketones (excluding diaryl/α,β-unsaturated/α-hetero) is 1. The Balaban J connectivity index is 1.68. The third-order valence-corrected chi connectivity index (χ3v) is 5.17. The standard InChI is InChI=1S/C16H13ClN2O2S2/c1-9-6-13(10(2)23-9)14(20)8-22-16-19-18-15(21-16)11-4-3-5-12(17)7-11/h3-7H,8H2,1-2H3. The largest absolute Gasteiger partial charge is 0.411 e. The number of hydrogen-bond donors (Lipinski definition) is 0. The van der Waals surface area contributed by atoms with Crippen molar-refractivity contribution in [3.8, 4) is 11.5 Å². The molecule has 0 aliphatic heterocycles. The van der Waals surface area contributed by atoms with Gasteiger partial charge in [-0.3, -0.25) is 4.79 Å². The maximum absolute atomic E-state index is 12.3. The number of halogens is 1. The molecule has 4 nitrogen and oxygen atoms in total. The first-order valence-electron chi connectivity index (χ1n) is 6.85. The van der Waals surface area contributed by atoms with Gasteiger partial charge in [-0.1, -0.05) is 29.4 Å². The topological polar surface area (TPSA) is 56.0 Å². The van der Waals surface area contributed by atoms with Gasteiger partial charge in [-0.2, -0.15) is 0 Å². The normalized spacial score (nSPS) is 10.9. The smallest absolute Gasteiger partial charge is 0.277 e. The number of benzene rings is 1. The first-order chi connectivity index (χ1) is 11.0. The van der Waals surface area contributed by atoms with Crippen LogP contribution in [0.1, 0.15) is 20.1 Å². The van der Waals surface area contributed by atoms with Gasteiger partial charge in [0.25, 0.3) is 5.22 Å². The fraction of sp³-hybridized carbons (Fsp3) is 0.188. The van der Waals surface area contributed by atoms with Gasteiger partial charge in [0.2, 0.25) is 5.89 Å². The predicted molar refractivity (Wildman–Crippen MR) is 93.6 cm³/mol. The molecule has 3 rings (SSSR count). The number of thioether (sulfide) groups is 1. The van der Waals surface area contributed by atoms with Crippen LogP contribution in [0.15, 0.2) is 40.0 Å². The monoisotopic (exact) mass is 364 g/mol. The van der Waals surface area contributed by atoms with E-state index in [0.717, 1.165) is 20.9 Å². The molecule has 2 heterocycles. The lowest BCUT2D eigenvalue weighted by atomic mass is 10.2. The van der Waals surface area contributed by atoms with E-state index >= 15 is 0 Å². The minimum Gasteiger partial charge on any atom is -0.411 e. The maximum atomic E-state index is 12.3. The first-order valence-corrected chi connectivity index (χ1v) is 9.03. The lowest BCUT2D eigenvalue weighted by Crippen LogP contribution is -2.02. The quantitative estimate of drug-likeness (QED) is 0.468. The van der Waals surface area contributed by atoms with Crippen molar-refractivity contribution in [1.82, 2.24) is 10.2 Å². The molecule has 23 heavy (non-hydrogen) atoms. The van der Waals surface area contributed by atoms with Gasteiger partial charge in [-0.05, 0) is 38.1 Å². The van der Waals surface area contributed by atoms with Gasteiger partial charge in [-0.25, -0.2) is 0 Å². The second-order valence-corrected chi connectivity index (χ2v) is 7.75. The van der Waals surface area contributed by atoms with Crippen molar-refractivity contribution in [3.05, 3.63) is 50.7 Å². The number of nitrogens with zero attached hydrogens (tertiary/aromatic N) is 2. The number of carbonyl (C=O) groups excluding carboxylic acids is 1. The molecule has 0 amide bonds. The minimum absolute atomic E-state index is 0.0688. The Bertz CT molecular complexity index is 857. The summed E-state index contributed by atoms with van der Waals surface area (Å²) in [5.41, 5.74) is 1.53. The number of hydrogen-bond acceptors (Lipinski definition) is 6. The third-order valence-electron chi connectivity index (χ3n) is 3.15. The molecule has 0 spiro atoms. The lowest BCUT2D eigenvalue weighted by Gasteiger charge is -1.97. The number of ketones is 1. The molecule has 0 saturated heterocycles.